The summed E-state index contributed by atoms with van der Waals surface area (Å²) in [6.07, 6.45) is 9.65. The van der Waals surface area contributed by atoms with Crippen molar-refractivity contribution in [3.05, 3.63) is 43.0 Å². The molecule has 5 rings (SSSR count). The molecule has 2 N–H and O–H groups in total. The van der Waals surface area contributed by atoms with Crippen LogP contribution in [0.2, 0.25) is 0 Å². The molecular weight excluding hydrogens is 378 g/mol. The predicted molar refractivity (Wildman–Crippen MR) is 116 cm³/mol. The number of fused-ring (bicyclic) bond motifs is 3. The third kappa shape index (κ3) is 2.47. The molecule has 0 radical (unpaired) electrons. The largest absolute Gasteiger partial charge is 0.342 e. The molecule has 1 atom stereocenters. The van der Waals surface area contributed by atoms with Crippen LogP contribution in [0, 0.1) is 10.8 Å². The lowest BCUT2D eigenvalue weighted by atomic mass is 9.88. The lowest BCUT2D eigenvalue weighted by molar-refractivity contribution is 0.525. The molecule has 0 aromatic carbocycles. The van der Waals surface area contributed by atoms with Crippen LogP contribution in [0.3, 0.4) is 0 Å². The molecule has 0 amide bonds. The van der Waals surface area contributed by atoms with Gasteiger partial charge >= 0.3 is 0 Å². The van der Waals surface area contributed by atoms with E-state index >= 15 is 0 Å². The minimum Gasteiger partial charge on any atom is -0.342 e. The molecule has 2 aliphatic rings. The van der Waals surface area contributed by atoms with Gasteiger partial charge in [0.15, 0.2) is 11.6 Å². The number of amidine groups is 2. The van der Waals surface area contributed by atoms with Gasteiger partial charge in [-0.15, -0.1) is 0 Å². The van der Waals surface area contributed by atoms with Gasteiger partial charge in [-0.2, -0.15) is 4.98 Å². The first-order valence-electron chi connectivity index (χ1n) is 10.1. The Balaban J connectivity index is 1.68. The molecule has 152 valence electrons. The quantitative estimate of drug-likeness (QED) is 0.515. The summed E-state index contributed by atoms with van der Waals surface area (Å²) in [7, 11) is 0. The number of anilines is 2. The van der Waals surface area contributed by atoms with E-state index < -0.39 is 5.54 Å². The van der Waals surface area contributed by atoms with Gasteiger partial charge in [0.2, 0.25) is 5.95 Å². The van der Waals surface area contributed by atoms with Crippen LogP contribution in [0.1, 0.15) is 33.1 Å². The standard InChI is InChI=1S/C21H23N9/c1-3-21-8-6-11-29(21)18-16(30(14(2)22)19(21)23)13-26-20(27-18)28-12-10-25-17(28)15-7-4-5-9-24-15/h4-5,7,9-10,12-13,22-23H,3,6,8,11H2,1-2H3. The van der Waals surface area contributed by atoms with Gasteiger partial charge < -0.3 is 4.90 Å². The fraction of sp³-hybridized carbons (Fsp3) is 0.333. The summed E-state index contributed by atoms with van der Waals surface area (Å²) < 4.78 is 1.83. The molecule has 1 unspecified atom stereocenters. The second kappa shape index (κ2) is 6.72. The average molecular weight is 401 g/mol. The number of hydrogen-bond donors (Lipinski definition) is 2. The molecule has 1 fully saturated rings. The van der Waals surface area contributed by atoms with Crippen LogP contribution in [-0.2, 0) is 0 Å². The van der Waals surface area contributed by atoms with Gasteiger partial charge in [-0.05, 0) is 38.3 Å². The maximum atomic E-state index is 8.89. The summed E-state index contributed by atoms with van der Waals surface area (Å²) in [6.45, 7) is 4.64. The Hall–Kier alpha value is -3.62. The van der Waals surface area contributed by atoms with Crippen LogP contribution in [0.15, 0.2) is 43.0 Å². The van der Waals surface area contributed by atoms with Gasteiger partial charge in [-0.25, -0.2) is 9.97 Å². The monoisotopic (exact) mass is 401 g/mol. The van der Waals surface area contributed by atoms with E-state index in [4.69, 9.17) is 15.8 Å². The average Bonchev–Trinajstić information content (AvgIpc) is 3.42. The minimum atomic E-state index is -0.431. The number of nitrogens with one attached hydrogen (secondary N) is 2. The number of rotatable bonds is 3. The predicted octanol–water partition coefficient (Wildman–Crippen LogP) is 3.27. The van der Waals surface area contributed by atoms with E-state index in [0.29, 0.717) is 29.1 Å². The van der Waals surface area contributed by atoms with E-state index in [2.05, 4.69) is 26.8 Å². The van der Waals surface area contributed by atoms with Crippen molar-refractivity contribution in [2.24, 2.45) is 0 Å². The van der Waals surface area contributed by atoms with Gasteiger partial charge in [0.05, 0.1) is 11.7 Å². The van der Waals surface area contributed by atoms with Crippen LogP contribution >= 0.6 is 0 Å². The van der Waals surface area contributed by atoms with E-state index in [9.17, 15) is 0 Å². The molecule has 0 spiro atoms. The van der Waals surface area contributed by atoms with Gasteiger partial charge in [-0.3, -0.25) is 25.3 Å². The molecule has 2 aliphatic heterocycles. The maximum absolute atomic E-state index is 8.89. The zero-order chi connectivity index (χ0) is 20.9. The Morgan fingerprint density at radius 3 is 2.80 bits per heavy atom. The molecule has 9 heteroatoms. The zero-order valence-electron chi connectivity index (χ0n) is 17.0. The molecular formula is C21H23N9. The molecule has 3 aromatic heterocycles. The fourth-order valence-corrected chi connectivity index (χ4v) is 4.62. The molecule has 1 saturated heterocycles. The van der Waals surface area contributed by atoms with E-state index in [0.717, 1.165) is 37.3 Å². The lowest BCUT2D eigenvalue weighted by Crippen LogP contribution is -2.61. The first-order valence-corrected chi connectivity index (χ1v) is 10.1. The summed E-state index contributed by atoms with van der Waals surface area (Å²) >= 11 is 0. The van der Waals surface area contributed by atoms with Crippen molar-refractivity contribution in [2.45, 2.75) is 38.6 Å². The first-order chi connectivity index (χ1) is 14.6. The summed E-state index contributed by atoms with van der Waals surface area (Å²) in [5.74, 6) is 2.68. The van der Waals surface area contributed by atoms with Crippen molar-refractivity contribution < 1.29 is 0 Å². The molecule has 0 aliphatic carbocycles. The van der Waals surface area contributed by atoms with Crippen LogP contribution < -0.4 is 9.80 Å². The summed E-state index contributed by atoms with van der Waals surface area (Å²) in [6, 6.07) is 5.69. The Labute approximate surface area is 174 Å². The first kappa shape index (κ1) is 18.4. The zero-order valence-corrected chi connectivity index (χ0v) is 17.0. The van der Waals surface area contributed by atoms with E-state index in [1.807, 2.05) is 29.0 Å². The van der Waals surface area contributed by atoms with Crippen LogP contribution in [-0.4, -0.2) is 48.3 Å². The number of hydrogen-bond acceptors (Lipinski definition) is 7. The number of imidazole rings is 1. The molecule has 9 nitrogen and oxygen atoms in total. The fourth-order valence-electron chi connectivity index (χ4n) is 4.62. The Morgan fingerprint density at radius 1 is 1.20 bits per heavy atom. The van der Waals surface area contributed by atoms with Gasteiger partial charge in [0.25, 0.3) is 0 Å². The maximum Gasteiger partial charge on any atom is 0.237 e. The Kier molecular flexibility index (Phi) is 4.12. The van der Waals surface area contributed by atoms with Crippen LogP contribution in [0.4, 0.5) is 11.5 Å². The summed E-state index contributed by atoms with van der Waals surface area (Å²) in [5, 5.41) is 17.2. The third-order valence-electron chi connectivity index (χ3n) is 6.06. The second-order valence-electron chi connectivity index (χ2n) is 7.62. The van der Waals surface area contributed by atoms with Gasteiger partial charge in [0.1, 0.15) is 23.1 Å². The number of aromatic nitrogens is 5. The molecule has 5 heterocycles. The van der Waals surface area contributed by atoms with E-state index in [1.54, 1.807) is 30.4 Å². The highest BCUT2D eigenvalue weighted by molar-refractivity contribution is 6.23. The molecule has 3 aromatic rings. The SMILES string of the molecule is CCC12CCCN1c1nc(-n3ccnc3-c3ccccn3)ncc1N(C(C)=N)C2=N. The normalized spacial score (nSPS) is 20.3. The highest BCUT2D eigenvalue weighted by Crippen LogP contribution is 2.46. The van der Waals surface area contributed by atoms with Crippen molar-refractivity contribution in [1.29, 1.82) is 10.8 Å². The van der Waals surface area contributed by atoms with Gasteiger partial charge in [0, 0.05) is 25.1 Å². The number of pyridine rings is 1. The summed E-state index contributed by atoms with van der Waals surface area (Å²) in [4.78, 5) is 22.3. The number of nitrogens with zero attached hydrogens (tertiary/aromatic N) is 7. The summed E-state index contributed by atoms with van der Waals surface area (Å²) in [5.41, 5.74) is 0.994. The van der Waals surface area contributed by atoms with Gasteiger partial charge in [-0.1, -0.05) is 13.0 Å². The van der Waals surface area contributed by atoms with Crippen molar-refractivity contribution in [1.82, 2.24) is 24.5 Å². The van der Waals surface area contributed by atoms with Crippen molar-refractivity contribution in [3.63, 3.8) is 0 Å². The Bertz CT molecular complexity index is 1140. The van der Waals surface area contributed by atoms with Crippen LogP contribution in [0.25, 0.3) is 17.5 Å². The molecule has 30 heavy (non-hydrogen) atoms. The van der Waals surface area contributed by atoms with E-state index in [-0.39, 0.29) is 0 Å². The third-order valence-corrected chi connectivity index (χ3v) is 6.06. The van der Waals surface area contributed by atoms with Crippen molar-refractivity contribution in [2.75, 3.05) is 16.3 Å². The van der Waals surface area contributed by atoms with E-state index in [1.165, 1.54) is 0 Å². The highest BCUT2D eigenvalue weighted by Gasteiger charge is 2.51. The lowest BCUT2D eigenvalue weighted by Gasteiger charge is -2.48. The smallest absolute Gasteiger partial charge is 0.237 e. The Morgan fingerprint density at radius 2 is 2.07 bits per heavy atom. The molecule has 0 bridgehead atoms. The minimum absolute atomic E-state index is 0.300. The van der Waals surface area contributed by atoms with Crippen molar-refractivity contribution in [3.8, 4) is 17.5 Å². The molecule has 0 saturated carbocycles. The van der Waals surface area contributed by atoms with Crippen molar-refractivity contribution >= 4 is 23.2 Å². The second-order valence-corrected chi connectivity index (χ2v) is 7.62. The highest BCUT2D eigenvalue weighted by atomic mass is 15.4. The van der Waals surface area contributed by atoms with Crippen LogP contribution in [0.5, 0.6) is 0 Å². The topological polar surface area (TPSA) is 111 Å².